The Balaban J connectivity index is 2.94. The van der Waals surface area contributed by atoms with Crippen molar-refractivity contribution in [2.24, 2.45) is 0 Å². The largest absolute Gasteiger partial charge is 0.127 e. The van der Waals surface area contributed by atoms with Gasteiger partial charge in [0.15, 0.2) is 0 Å². The molecule has 0 spiro atoms. The Morgan fingerprint density at radius 2 is 2.20 bits per heavy atom. The van der Waals surface area contributed by atoms with Crippen LogP contribution in [0, 0.1) is 12.3 Å². The second kappa shape index (κ2) is 1.80. The molecule has 0 aliphatic carbocycles. The predicted molar refractivity (Wildman–Crippen MR) is 20.4 cm³/mol. The molecule has 0 aliphatic heterocycles. The molecule has 0 heterocycles. The van der Waals surface area contributed by atoms with Gasteiger partial charge >= 0.3 is 0 Å². The van der Waals surface area contributed by atoms with E-state index >= 15 is 0 Å². The van der Waals surface area contributed by atoms with Gasteiger partial charge in [-0.1, -0.05) is 5.92 Å². The Morgan fingerprint density at radius 3 is 2.20 bits per heavy atom. The van der Waals surface area contributed by atoms with Gasteiger partial charge in [0.25, 0.3) is 0 Å². The van der Waals surface area contributed by atoms with Crippen LogP contribution in [-0.2, 0) is 0 Å². The molecule has 0 saturated carbocycles. The van der Waals surface area contributed by atoms with Crippen molar-refractivity contribution in [1.82, 2.24) is 5.73 Å². The zero-order valence-electron chi connectivity index (χ0n) is 3.10. The van der Waals surface area contributed by atoms with Crippen molar-refractivity contribution in [2.75, 3.05) is 0 Å². The molecule has 0 aromatic heterocycles. The van der Waals surface area contributed by atoms with Crippen LogP contribution in [0.1, 0.15) is 6.92 Å². The van der Waals surface area contributed by atoms with Gasteiger partial charge < -0.3 is 0 Å². The first-order valence-corrected chi connectivity index (χ1v) is 1.41. The van der Waals surface area contributed by atoms with E-state index in [0.29, 0.717) is 0 Å². The maximum absolute atomic E-state index is 8.12. The fourth-order valence-corrected chi connectivity index (χ4v) is 0. The first-order chi connectivity index (χ1) is 2.27. The summed E-state index contributed by atoms with van der Waals surface area (Å²) in [6.07, 6.45) is 4.67. The van der Waals surface area contributed by atoms with Crippen molar-refractivity contribution in [2.45, 2.75) is 13.0 Å². The average molecular weight is 67.1 g/mol. The smallest absolute Gasteiger partial charge is 0.101 e. The average Bonchev–Trinajstić information content (AvgIpc) is 1.38. The monoisotopic (exact) mass is 67.0 g/mol. The first kappa shape index (κ1) is 4.52. The van der Waals surface area contributed by atoms with Crippen molar-refractivity contribution in [3.63, 3.8) is 0 Å². The van der Waals surface area contributed by atoms with Crippen molar-refractivity contribution in [3.8, 4) is 12.3 Å². The van der Waals surface area contributed by atoms with Crippen LogP contribution >= 0.6 is 0 Å². The Labute approximate surface area is 32.2 Å². The molecule has 0 amide bonds. The second-order valence-corrected chi connectivity index (χ2v) is 0.843. The van der Waals surface area contributed by atoms with Gasteiger partial charge in [-0.2, -0.15) is 0 Å². The minimum atomic E-state index is -0.588. The molecule has 1 atom stereocenters. The molecule has 0 saturated heterocycles. The van der Waals surface area contributed by atoms with Gasteiger partial charge in [-0.15, -0.1) is 12.2 Å². The highest BCUT2D eigenvalue weighted by Gasteiger charge is 1.78. The van der Waals surface area contributed by atoms with E-state index < -0.39 is 6.04 Å². The third-order valence-corrected chi connectivity index (χ3v) is 0.241. The standard InChI is InChI=1S/C4H5N/c1-3-4(2)5/h1,4H,2H3. The fourth-order valence-electron chi connectivity index (χ4n) is 0. The summed E-state index contributed by atoms with van der Waals surface area (Å²) < 4.78 is 0. The molecule has 26 valence electrons. The lowest BCUT2D eigenvalue weighted by Gasteiger charge is -1.76. The van der Waals surface area contributed by atoms with Gasteiger partial charge in [0.2, 0.25) is 0 Å². The topological polar surface area (TPSA) is 22.3 Å². The van der Waals surface area contributed by atoms with Crippen LogP contribution in [0.3, 0.4) is 0 Å². The molecular weight excluding hydrogens is 62.1 g/mol. The summed E-state index contributed by atoms with van der Waals surface area (Å²) in [5.41, 5.74) is 8.12. The van der Waals surface area contributed by atoms with Crippen LogP contribution in [0.4, 0.5) is 0 Å². The van der Waals surface area contributed by atoms with E-state index in [0.717, 1.165) is 0 Å². The number of terminal acetylenes is 1. The van der Waals surface area contributed by atoms with E-state index in [1.807, 2.05) is 0 Å². The van der Waals surface area contributed by atoms with Crippen LogP contribution in [0.15, 0.2) is 0 Å². The molecule has 1 unspecified atom stereocenters. The molecule has 0 N–H and O–H groups in total. The Bertz CT molecular complexity index is 49.2. The maximum atomic E-state index is 8.12. The van der Waals surface area contributed by atoms with Crippen molar-refractivity contribution in [1.29, 1.82) is 0 Å². The van der Waals surface area contributed by atoms with E-state index in [1.165, 1.54) is 0 Å². The zero-order chi connectivity index (χ0) is 4.28. The van der Waals surface area contributed by atoms with E-state index in [2.05, 4.69) is 12.3 Å². The number of hydrogen-bond acceptors (Lipinski definition) is 0. The molecule has 0 rings (SSSR count). The van der Waals surface area contributed by atoms with Crippen LogP contribution in [0.2, 0.25) is 0 Å². The van der Waals surface area contributed by atoms with Gasteiger partial charge in [-0.25, -0.2) is 0 Å². The Hall–Kier alpha value is -0.480. The van der Waals surface area contributed by atoms with E-state index in [1.54, 1.807) is 6.92 Å². The van der Waals surface area contributed by atoms with Crippen LogP contribution in [0.5, 0.6) is 0 Å². The minimum Gasteiger partial charge on any atom is -0.127 e. The van der Waals surface area contributed by atoms with E-state index in [9.17, 15) is 0 Å². The van der Waals surface area contributed by atoms with Gasteiger partial charge in [-0.05, 0) is 6.92 Å². The molecule has 0 aromatic rings. The number of hydrogen-bond donors (Lipinski definition) is 0. The van der Waals surface area contributed by atoms with Gasteiger partial charge in [0, 0.05) is 0 Å². The third-order valence-electron chi connectivity index (χ3n) is 0.241. The molecule has 2 radical (unpaired) electrons. The van der Waals surface area contributed by atoms with Crippen molar-refractivity contribution < 1.29 is 0 Å². The SMILES string of the molecule is C#CC(C)[N]. The third kappa shape index (κ3) is 3.52. The molecule has 1 nitrogen and oxygen atoms in total. The summed E-state index contributed by atoms with van der Waals surface area (Å²) in [7, 11) is 0. The highest BCUT2D eigenvalue weighted by molar-refractivity contribution is 4.92. The lowest BCUT2D eigenvalue weighted by atomic mass is 10.4. The maximum Gasteiger partial charge on any atom is 0.101 e. The molecular formula is C4H5N. The quantitative estimate of drug-likeness (QED) is 0.358. The Morgan fingerprint density at radius 1 is 2.00 bits per heavy atom. The van der Waals surface area contributed by atoms with Gasteiger partial charge in [0.05, 0.1) is 0 Å². The Kier molecular flexibility index (Phi) is 1.63. The summed E-state index contributed by atoms with van der Waals surface area (Å²) in [6.45, 7) is 1.54. The molecule has 1 heteroatoms. The summed E-state index contributed by atoms with van der Waals surface area (Å²) >= 11 is 0. The lowest BCUT2D eigenvalue weighted by molar-refractivity contribution is 0.923. The summed E-state index contributed by atoms with van der Waals surface area (Å²) in [5.74, 6) is 2.08. The van der Waals surface area contributed by atoms with Crippen molar-refractivity contribution >= 4 is 0 Å². The molecule has 0 aliphatic rings. The fraction of sp³-hybridized carbons (Fsp3) is 0.500. The number of rotatable bonds is 0. The second-order valence-electron chi connectivity index (χ2n) is 0.843. The normalized spacial score (nSPS) is 13.0. The van der Waals surface area contributed by atoms with Crippen LogP contribution in [-0.4, -0.2) is 6.04 Å². The summed E-state index contributed by atoms with van der Waals surface area (Å²) in [5, 5.41) is 0. The number of nitrogens with zero attached hydrogens (tertiary/aromatic N) is 1. The van der Waals surface area contributed by atoms with Crippen molar-refractivity contribution in [3.05, 3.63) is 0 Å². The molecule has 0 aromatic carbocycles. The van der Waals surface area contributed by atoms with Gasteiger partial charge in [0.1, 0.15) is 6.04 Å². The lowest BCUT2D eigenvalue weighted by Crippen LogP contribution is -1.94. The van der Waals surface area contributed by atoms with E-state index in [-0.39, 0.29) is 0 Å². The van der Waals surface area contributed by atoms with E-state index in [4.69, 9.17) is 5.73 Å². The summed E-state index contributed by atoms with van der Waals surface area (Å²) in [4.78, 5) is 0. The minimum absolute atomic E-state index is 0.588. The van der Waals surface area contributed by atoms with Crippen LogP contribution < -0.4 is 5.73 Å². The molecule has 0 fully saturated rings. The highest BCUT2D eigenvalue weighted by atomic mass is 14.6. The van der Waals surface area contributed by atoms with Crippen LogP contribution in [0.25, 0.3) is 0 Å². The predicted octanol–water partition coefficient (Wildman–Crippen LogP) is 0.0768. The summed E-state index contributed by atoms with van der Waals surface area (Å²) in [6, 6.07) is -0.588. The first-order valence-electron chi connectivity index (χ1n) is 1.41. The van der Waals surface area contributed by atoms with Gasteiger partial charge in [-0.3, -0.25) is 0 Å². The zero-order valence-corrected chi connectivity index (χ0v) is 3.10. The molecule has 5 heavy (non-hydrogen) atoms. The highest BCUT2D eigenvalue weighted by Crippen LogP contribution is 1.64. The molecule has 0 bridgehead atoms.